The average molecular weight is 257 g/mol. The summed E-state index contributed by atoms with van der Waals surface area (Å²) >= 11 is 0. The molecule has 2 heterocycles. The first-order chi connectivity index (χ1) is 9.29. The van der Waals surface area contributed by atoms with E-state index in [0.717, 1.165) is 18.4 Å². The van der Waals surface area contributed by atoms with Crippen LogP contribution in [0.2, 0.25) is 0 Å². The van der Waals surface area contributed by atoms with Gasteiger partial charge in [-0.2, -0.15) is 0 Å². The van der Waals surface area contributed by atoms with E-state index in [9.17, 15) is 4.79 Å². The van der Waals surface area contributed by atoms with E-state index < -0.39 is 0 Å². The van der Waals surface area contributed by atoms with Crippen molar-refractivity contribution in [2.75, 3.05) is 0 Å². The van der Waals surface area contributed by atoms with Gasteiger partial charge in [-0.05, 0) is 37.3 Å². The average Bonchev–Trinajstić information content (AvgIpc) is 2.77. The quantitative estimate of drug-likeness (QED) is 0.668. The molecule has 2 fully saturated rings. The summed E-state index contributed by atoms with van der Waals surface area (Å²) in [5.41, 5.74) is 1.02. The van der Waals surface area contributed by atoms with Gasteiger partial charge in [0.15, 0.2) is 0 Å². The standard InChI is InChI=1S/C16H19NO2/c18-16(9-6-12-4-2-1-3-5-12)19-15-10-13-7-8-14(11-15)17-13/h1-6,9,13-15,17H,7-8,10-11H2/b9-6+. The van der Waals surface area contributed by atoms with Gasteiger partial charge < -0.3 is 10.1 Å². The largest absolute Gasteiger partial charge is 0.459 e. The molecule has 0 aliphatic carbocycles. The van der Waals surface area contributed by atoms with E-state index in [1.165, 1.54) is 18.9 Å². The van der Waals surface area contributed by atoms with Crippen LogP contribution in [0.15, 0.2) is 36.4 Å². The highest BCUT2D eigenvalue weighted by Crippen LogP contribution is 2.28. The second-order valence-electron chi connectivity index (χ2n) is 5.41. The third-order valence-corrected chi connectivity index (χ3v) is 3.92. The highest BCUT2D eigenvalue weighted by molar-refractivity contribution is 5.87. The first kappa shape index (κ1) is 12.4. The smallest absolute Gasteiger partial charge is 0.331 e. The van der Waals surface area contributed by atoms with Crippen molar-refractivity contribution >= 4 is 12.0 Å². The van der Waals surface area contributed by atoms with Gasteiger partial charge in [-0.1, -0.05) is 30.3 Å². The molecule has 1 aromatic rings. The Morgan fingerprint density at radius 1 is 1.16 bits per heavy atom. The SMILES string of the molecule is O=C(/C=C/c1ccccc1)OC1CC2CCC(C1)N2. The predicted octanol–water partition coefficient (Wildman–Crippen LogP) is 2.53. The fourth-order valence-corrected chi connectivity index (χ4v) is 3.03. The zero-order chi connectivity index (χ0) is 13.1. The molecule has 0 amide bonds. The Balaban J connectivity index is 1.53. The van der Waals surface area contributed by atoms with Crippen LogP contribution < -0.4 is 5.32 Å². The molecule has 2 atom stereocenters. The summed E-state index contributed by atoms with van der Waals surface area (Å²) in [6.07, 6.45) is 7.78. The van der Waals surface area contributed by atoms with Crippen LogP contribution in [0.1, 0.15) is 31.2 Å². The molecule has 3 rings (SSSR count). The minimum Gasteiger partial charge on any atom is -0.459 e. The Kier molecular flexibility index (Phi) is 3.65. The van der Waals surface area contributed by atoms with Gasteiger partial charge in [0, 0.05) is 18.2 Å². The molecule has 1 N–H and O–H groups in total. The maximum absolute atomic E-state index is 11.8. The highest BCUT2D eigenvalue weighted by Gasteiger charge is 2.34. The third kappa shape index (κ3) is 3.24. The molecule has 3 heteroatoms. The van der Waals surface area contributed by atoms with Crippen LogP contribution in [0.5, 0.6) is 0 Å². The van der Waals surface area contributed by atoms with Crippen molar-refractivity contribution in [1.82, 2.24) is 5.32 Å². The van der Waals surface area contributed by atoms with Crippen LogP contribution in [0.4, 0.5) is 0 Å². The summed E-state index contributed by atoms with van der Waals surface area (Å²) in [7, 11) is 0. The minimum absolute atomic E-state index is 0.0895. The maximum atomic E-state index is 11.8. The summed E-state index contributed by atoms with van der Waals surface area (Å²) in [4.78, 5) is 11.8. The van der Waals surface area contributed by atoms with Gasteiger partial charge in [-0.25, -0.2) is 4.79 Å². The summed E-state index contributed by atoms with van der Waals surface area (Å²) in [6, 6.07) is 10.9. The summed E-state index contributed by atoms with van der Waals surface area (Å²) < 4.78 is 5.53. The zero-order valence-corrected chi connectivity index (χ0v) is 10.9. The van der Waals surface area contributed by atoms with Gasteiger partial charge in [0.25, 0.3) is 0 Å². The number of piperidine rings is 1. The molecule has 3 nitrogen and oxygen atoms in total. The second-order valence-corrected chi connectivity index (χ2v) is 5.41. The van der Waals surface area contributed by atoms with Crippen molar-refractivity contribution in [3.05, 3.63) is 42.0 Å². The first-order valence-corrected chi connectivity index (χ1v) is 6.99. The number of hydrogen-bond donors (Lipinski definition) is 1. The molecular weight excluding hydrogens is 238 g/mol. The summed E-state index contributed by atoms with van der Waals surface area (Å²) in [6.45, 7) is 0. The van der Waals surface area contributed by atoms with E-state index in [2.05, 4.69) is 5.32 Å². The number of ether oxygens (including phenoxy) is 1. The number of carbonyl (C=O) groups excluding carboxylic acids is 1. The number of nitrogens with one attached hydrogen (secondary N) is 1. The molecule has 19 heavy (non-hydrogen) atoms. The van der Waals surface area contributed by atoms with Gasteiger partial charge in [-0.3, -0.25) is 0 Å². The van der Waals surface area contributed by atoms with Crippen molar-refractivity contribution in [1.29, 1.82) is 0 Å². The monoisotopic (exact) mass is 257 g/mol. The van der Waals surface area contributed by atoms with Crippen molar-refractivity contribution in [2.45, 2.75) is 43.9 Å². The Morgan fingerprint density at radius 2 is 1.84 bits per heavy atom. The molecule has 2 saturated heterocycles. The van der Waals surface area contributed by atoms with Crippen LogP contribution in [0.3, 0.4) is 0 Å². The zero-order valence-electron chi connectivity index (χ0n) is 10.9. The number of benzene rings is 1. The van der Waals surface area contributed by atoms with E-state index >= 15 is 0 Å². The van der Waals surface area contributed by atoms with E-state index in [4.69, 9.17) is 4.74 Å². The minimum atomic E-state index is -0.227. The lowest BCUT2D eigenvalue weighted by Gasteiger charge is -2.28. The third-order valence-electron chi connectivity index (χ3n) is 3.92. The molecule has 1 aromatic carbocycles. The summed E-state index contributed by atoms with van der Waals surface area (Å²) in [5.74, 6) is -0.227. The predicted molar refractivity (Wildman–Crippen MR) is 74.5 cm³/mol. The molecular formula is C16H19NO2. The number of hydrogen-bond acceptors (Lipinski definition) is 3. The molecule has 0 spiro atoms. The second kappa shape index (κ2) is 5.57. The summed E-state index contributed by atoms with van der Waals surface area (Å²) in [5, 5.41) is 3.54. The van der Waals surface area contributed by atoms with Crippen molar-refractivity contribution in [2.24, 2.45) is 0 Å². The van der Waals surface area contributed by atoms with E-state index in [0.29, 0.717) is 12.1 Å². The Hall–Kier alpha value is -1.61. The van der Waals surface area contributed by atoms with Gasteiger partial charge in [0.2, 0.25) is 0 Å². The van der Waals surface area contributed by atoms with Crippen molar-refractivity contribution in [3.63, 3.8) is 0 Å². The Bertz CT molecular complexity index is 457. The lowest BCUT2D eigenvalue weighted by molar-refractivity contribution is -0.144. The molecule has 0 radical (unpaired) electrons. The highest BCUT2D eigenvalue weighted by atomic mass is 16.5. The van der Waals surface area contributed by atoms with Crippen LogP contribution in [-0.4, -0.2) is 24.2 Å². The molecule has 2 bridgehead atoms. The molecule has 2 unspecified atom stereocenters. The Labute approximate surface area is 113 Å². The van der Waals surface area contributed by atoms with E-state index in [1.807, 2.05) is 30.3 Å². The van der Waals surface area contributed by atoms with Gasteiger partial charge in [0.05, 0.1) is 0 Å². The van der Waals surface area contributed by atoms with Gasteiger partial charge in [0.1, 0.15) is 6.10 Å². The number of carbonyl (C=O) groups is 1. The van der Waals surface area contributed by atoms with Gasteiger partial charge >= 0.3 is 5.97 Å². The first-order valence-electron chi connectivity index (χ1n) is 6.99. The number of rotatable bonds is 3. The Morgan fingerprint density at radius 3 is 2.53 bits per heavy atom. The molecule has 0 aromatic heterocycles. The van der Waals surface area contributed by atoms with Crippen LogP contribution >= 0.6 is 0 Å². The fourth-order valence-electron chi connectivity index (χ4n) is 3.03. The molecule has 2 aliphatic rings. The molecule has 100 valence electrons. The van der Waals surface area contributed by atoms with Crippen molar-refractivity contribution in [3.8, 4) is 0 Å². The molecule has 0 saturated carbocycles. The molecule has 2 aliphatic heterocycles. The maximum Gasteiger partial charge on any atom is 0.331 e. The van der Waals surface area contributed by atoms with E-state index in [-0.39, 0.29) is 12.1 Å². The van der Waals surface area contributed by atoms with Crippen LogP contribution in [0.25, 0.3) is 6.08 Å². The van der Waals surface area contributed by atoms with Crippen molar-refractivity contribution < 1.29 is 9.53 Å². The van der Waals surface area contributed by atoms with E-state index in [1.54, 1.807) is 6.08 Å². The topological polar surface area (TPSA) is 38.3 Å². The van der Waals surface area contributed by atoms with Crippen LogP contribution in [0, 0.1) is 0 Å². The lowest BCUT2D eigenvalue weighted by atomic mass is 10.0. The van der Waals surface area contributed by atoms with Gasteiger partial charge in [-0.15, -0.1) is 0 Å². The van der Waals surface area contributed by atoms with Crippen LogP contribution in [-0.2, 0) is 9.53 Å². The lowest BCUT2D eigenvalue weighted by Crippen LogP contribution is -2.41. The number of fused-ring (bicyclic) bond motifs is 2. The number of esters is 1. The normalized spacial score (nSPS) is 29.6. The fraction of sp³-hybridized carbons (Fsp3) is 0.438.